The summed E-state index contributed by atoms with van der Waals surface area (Å²) in [5.74, 6) is 0.845. The van der Waals surface area contributed by atoms with Gasteiger partial charge in [-0.2, -0.15) is 0 Å². The Kier molecular flexibility index (Phi) is 3.82. The molecule has 0 unspecified atom stereocenters. The van der Waals surface area contributed by atoms with E-state index in [1.54, 1.807) is 11.2 Å². The molecular weight excluding hydrogens is 226 g/mol. The average Bonchev–Trinajstić information content (AvgIpc) is 2.94. The molecule has 1 amide bonds. The molecule has 0 aliphatic rings. The van der Waals surface area contributed by atoms with Crippen molar-refractivity contribution in [2.45, 2.75) is 13.8 Å². The van der Waals surface area contributed by atoms with Crippen LogP contribution in [0.15, 0.2) is 47.1 Å². The lowest BCUT2D eigenvalue weighted by Gasteiger charge is -2.18. The van der Waals surface area contributed by atoms with Crippen molar-refractivity contribution in [1.29, 1.82) is 0 Å². The Labute approximate surface area is 107 Å². The molecule has 3 nitrogen and oxygen atoms in total. The lowest BCUT2D eigenvalue weighted by atomic mass is 10.1. The maximum absolute atomic E-state index is 12.2. The van der Waals surface area contributed by atoms with Crippen molar-refractivity contribution in [3.63, 3.8) is 0 Å². The molecule has 0 atom stereocenters. The topological polar surface area (TPSA) is 33.5 Å². The quantitative estimate of drug-likeness (QED) is 0.824. The van der Waals surface area contributed by atoms with Crippen LogP contribution in [0.1, 0.15) is 24.2 Å². The number of rotatable bonds is 4. The van der Waals surface area contributed by atoms with Crippen molar-refractivity contribution in [2.24, 2.45) is 0 Å². The predicted molar refractivity (Wildman–Crippen MR) is 71.4 cm³/mol. The second-order valence-electron chi connectivity index (χ2n) is 4.04. The fourth-order valence-corrected chi connectivity index (χ4v) is 1.94. The van der Waals surface area contributed by atoms with Gasteiger partial charge in [0.05, 0.1) is 6.26 Å². The third-order valence-corrected chi connectivity index (χ3v) is 2.97. The third-order valence-electron chi connectivity index (χ3n) is 2.97. The van der Waals surface area contributed by atoms with E-state index in [9.17, 15) is 4.79 Å². The minimum absolute atomic E-state index is 0.0633. The fraction of sp³-hybridized carbons (Fsp3) is 0.267. The van der Waals surface area contributed by atoms with Crippen LogP contribution in [-0.2, 0) is 0 Å². The van der Waals surface area contributed by atoms with Gasteiger partial charge in [-0.3, -0.25) is 4.79 Å². The highest BCUT2D eigenvalue weighted by Crippen LogP contribution is 2.21. The first-order valence-corrected chi connectivity index (χ1v) is 6.19. The first kappa shape index (κ1) is 12.4. The first-order chi connectivity index (χ1) is 8.76. The second kappa shape index (κ2) is 5.54. The third kappa shape index (κ3) is 2.45. The Morgan fingerprint density at radius 2 is 1.94 bits per heavy atom. The lowest BCUT2D eigenvalue weighted by Crippen LogP contribution is -2.30. The van der Waals surface area contributed by atoms with E-state index < -0.39 is 0 Å². The maximum atomic E-state index is 12.2. The number of furan rings is 1. The number of amides is 1. The molecule has 0 fully saturated rings. The first-order valence-electron chi connectivity index (χ1n) is 6.19. The van der Waals surface area contributed by atoms with Crippen molar-refractivity contribution in [1.82, 2.24) is 4.90 Å². The largest absolute Gasteiger partial charge is 0.464 e. The van der Waals surface area contributed by atoms with Gasteiger partial charge in [0, 0.05) is 24.2 Å². The van der Waals surface area contributed by atoms with Crippen molar-refractivity contribution < 1.29 is 9.21 Å². The zero-order chi connectivity index (χ0) is 13.0. The molecule has 1 aromatic carbocycles. The van der Waals surface area contributed by atoms with Crippen LogP contribution in [0.3, 0.4) is 0 Å². The highest BCUT2D eigenvalue weighted by Gasteiger charge is 2.13. The van der Waals surface area contributed by atoms with Crippen molar-refractivity contribution in [2.75, 3.05) is 13.1 Å². The summed E-state index contributed by atoms with van der Waals surface area (Å²) < 4.78 is 5.34. The number of hydrogen-bond donors (Lipinski definition) is 0. The van der Waals surface area contributed by atoms with Crippen LogP contribution in [0, 0.1) is 0 Å². The minimum Gasteiger partial charge on any atom is -0.464 e. The summed E-state index contributed by atoms with van der Waals surface area (Å²) in [7, 11) is 0. The molecule has 0 aliphatic heterocycles. The molecule has 2 rings (SSSR count). The molecule has 0 saturated heterocycles. The Hall–Kier alpha value is -2.03. The molecular formula is C15H17NO2. The smallest absolute Gasteiger partial charge is 0.253 e. The molecule has 0 spiro atoms. The van der Waals surface area contributed by atoms with E-state index in [4.69, 9.17) is 4.42 Å². The highest BCUT2D eigenvalue weighted by molar-refractivity contribution is 5.95. The SMILES string of the molecule is CCN(CC)C(=O)c1cccc(-c2ccco2)c1. The van der Waals surface area contributed by atoms with Gasteiger partial charge < -0.3 is 9.32 Å². The van der Waals surface area contributed by atoms with E-state index in [1.165, 1.54) is 0 Å². The number of carbonyl (C=O) groups is 1. The summed E-state index contributed by atoms with van der Waals surface area (Å²) in [5.41, 5.74) is 1.63. The van der Waals surface area contributed by atoms with Gasteiger partial charge in [-0.15, -0.1) is 0 Å². The van der Waals surface area contributed by atoms with E-state index in [-0.39, 0.29) is 5.91 Å². The van der Waals surface area contributed by atoms with Crippen LogP contribution in [0.5, 0.6) is 0 Å². The van der Waals surface area contributed by atoms with Gasteiger partial charge in [-0.05, 0) is 38.1 Å². The summed E-state index contributed by atoms with van der Waals surface area (Å²) >= 11 is 0. The molecule has 1 aromatic heterocycles. The maximum Gasteiger partial charge on any atom is 0.253 e. The number of nitrogens with zero attached hydrogens (tertiary/aromatic N) is 1. The number of carbonyl (C=O) groups excluding carboxylic acids is 1. The minimum atomic E-state index is 0.0633. The Morgan fingerprint density at radius 1 is 1.17 bits per heavy atom. The van der Waals surface area contributed by atoms with E-state index in [0.717, 1.165) is 24.4 Å². The van der Waals surface area contributed by atoms with Crippen molar-refractivity contribution >= 4 is 5.91 Å². The summed E-state index contributed by atoms with van der Waals surface area (Å²) in [4.78, 5) is 14.0. The Bertz CT molecular complexity index is 513. The average molecular weight is 243 g/mol. The summed E-state index contributed by atoms with van der Waals surface area (Å²) in [6, 6.07) is 11.3. The second-order valence-corrected chi connectivity index (χ2v) is 4.04. The summed E-state index contributed by atoms with van der Waals surface area (Å²) in [5, 5.41) is 0. The molecule has 94 valence electrons. The van der Waals surface area contributed by atoms with Gasteiger partial charge in [0.25, 0.3) is 5.91 Å². The predicted octanol–water partition coefficient (Wildman–Crippen LogP) is 3.43. The Morgan fingerprint density at radius 3 is 2.56 bits per heavy atom. The number of benzene rings is 1. The van der Waals surface area contributed by atoms with Gasteiger partial charge in [0.2, 0.25) is 0 Å². The molecule has 18 heavy (non-hydrogen) atoms. The van der Waals surface area contributed by atoms with E-state index in [0.29, 0.717) is 5.56 Å². The van der Waals surface area contributed by atoms with Crippen LogP contribution in [0.25, 0.3) is 11.3 Å². The van der Waals surface area contributed by atoms with Crippen LogP contribution >= 0.6 is 0 Å². The lowest BCUT2D eigenvalue weighted by molar-refractivity contribution is 0.0773. The van der Waals surface area contributed by atoms with Gasteiger partial charge in [-0.1, -0.05) is 12.1 Å². The molecule has 0 N–H and O–H groups in total. The van der Waals surface area contributed by atoms with E-state index in [1.807, 2.05) is 50.2 Å². The van der Waals surface area contributed by atoms with Crippen LogP contribution in [0.4, 0.5) is 0 Å². The van der Waals surface area contributed by atoms with Gasteiger partial charge >= 0.3 is 0 Å². The molecule has 3 heteroatoms. The molecule has 2 aromatic rings. The highest BCUT2D eigenvalue weighted by atomic mass is 16.3. The molecule has 0 aliphatic carbocycles. The fourth-order valence-electron chi connectivity index (χ4n) is 1.94. The summed E-state index contributed by atoms with van der Waals surface area (Å²) in [6.45, 7) is 5.41. The van der Waals surface area contributed by atoms with Gasteiger partial charge in [-0.25, -0.2) is 0 Å². The van der Waals surface area contributed by atoms with Gasteiger partial charge in [0.1, 0.15) is 5.76 Å². The number of hydrogen-bond acceptors (Lipinski definition) is 2. The van der Waals surface area contributed by atoms with Crippen molar-refractivity contribution in [3.8, 4) is 11.3 Å². The zero-order valence-electron chi connectivity index (χ0n) is 10.7. The molecule has 1 heterocycles. The molecule has 0 saturated carbocycles. The normalized spacial score (nSPS) is 10.3. The van der Waals surface area contributed by atoms with E-state index in [2.05, 4.69) is 0 Å². The van der Waals surface area contributed by atoms with E-state index >= 15 is 0 Å². The van der Waals surface area contributed by atoms with Gasteiger partial charge in [0.15, 0.2) is 0 Å². The Balaban J connectivity index is 2.30. The van der Waals surface area contributed by atoms with Crippen molar-refractivity contribution in [3.05, 3.63) is 48.2 Å². The van der Waals surface area contributed by atoms with Crippen LogP contribution in [-0.4, -0.2) is 23.9 Å². The van der Waals surface area contributed by atoms with Crippen LogP contribution in [0.2, 0.25) is 0 Å². The standard InChI is InChI=1S/C15H17NO2/c1-3-16(4-2)15(17)13-8-5-7-12(11-13)14-9-6-10-18-14/h5-11H,3-4H2,1-2H3. The monoisotopic (exact) mass is 243 g/mol. The van der Waals surface area contributed by atoms with Crippen LogP contribution < -0.4 is 0 Å². The summed E-state index contributed by atoms with van der Waals surface area (Å²) in [6.07, 6.45) is 1.63. The molecule has 0 bridgehead atoms. The molecule has 0 radical (unpaired) electrons. The zero-order valence-corrected chi connectivity index (χ0v) is 10.7.